The summed E-state index contributed by atoms with van der Waals surface area (Å²) in [7, 11) is 0. The fourth-order valence-electron chi connectivity index (χ4n) is 1.50. The van der Waals surface area contributed by atoms with Crippen molar-refractivity contribution < 1.29 is 19.1 Å². The number of hydrogen-bond donors (Lipinski definition) is 0. The van der Waals surface area contributed by atoms with E-state index in [1.54, 1.807) is 45.0 Å². The van der Waals surface area contributed by atoms with Gasteiger partial charge in [0.25, 0.3) is 0 Å². The molecule has 1 rings (SSSR count). The van der Waals surface area contributed by atoms with Crippen molar-refractivity contribution in [2.75, 3.05) is 0 Å². The summed E-state index contributed by atoms with van der Waals surface area (Å²) in [6.45, 7) is 10.5. The molecule has 1 aromatic rings. The van der Waals surface area contributed by atoms with E-state index in [0.717, 1.165) is 11.1 Å². The highest BCUT2D eigenvalue weighted by molar-refractivity contribution is 5.75. The molecule has 0 saturated heterocycles. The monoisotopic (exact) mass is 276 g/mol. The molecule has 108 valence electrons. The van der Waals surface area contributed by atoms with E-state index in [4.69, 9.17) is 9.47 Å². The molecule has 1 aromatic carbocycles. The molecule has 0 heterocycles. The van der Waals surface area contributed by atoms with Gasteiger partial charge in [0.05, 0.1) is 5.41 Å². The second-order valence-electron chi connectivity index (χ2n) is 5.48. The molecule has 0 aromatic heterocycles. The Morgan fingerprint density at radius 2 is 1.95 bits per heavy atom. The van der Waals surface area contributed by atoms with E-state index in [0.29, 0.717) is 5.75 Å². The zero-order valence-electron chi connectivity index (χ0n) is 12.4. The molecule has 20 heavy (non-hydrogen) atoms. The van der Waals surface area contributed by atoms with Gasteiger partial charge in [-0.2, -0.15) is 0 Å². The average molecular weight is 276 g/mol. The highest BCUT2D eigenvalue weighted by Gasteiger charge is 2.23. The average Bonchev–Trinajstić information content (AvgIpc) is 2.34. The van der Waals surface area contributed by atoms with E-state index in [1.165, 1.54) is 6.92 Å². The van der Waals surface area contributed by atoms with Gasteiger partial charge in [0, 0.05) is 12.5 Å². The van der Waals surface area contributed by atoms with Gasteiger partial charge in [0.1, 0.15) is 12.4 Å². The Kier molecular flexibility index (Phi) is 5.08. The summed E-state index contributed by atoms with van der Waals surface area (Å²) in [4.78, 5) is 22.7. The van der Waals surface area contributed by atoms with Gasteiger partial charge in [-0.25, -0.2) is 0 Å². The zero-order valence-corrected chi connectivity index (χ0v) is 12.4. The van der Waals surface area contributed by atoms with Crippen molar-refractivity contribution in [1.82, 2.24) is 0 Å². The Hall–Kier alpha value is -2.10. The van der Waals surface area contributed by atoms with Crippen molar-refractivity contribution in [3.05, 3.63) is 35.9 Å². The van der Waals surface area contributed by atoms with E-state index < -0.39 is 11.4 Å². The number of benzene rings is 1. The van der Waals surface area contributed by atoms with E-state index in [9.17, 15) is 9.59 Å². The summed E-state index contributed by atoms with van der Waals surface area (Å²) >= 11 is 0. The fourth-order valence-corrected chi connectivity index (χ4v) is 1.50. The van der Waals surface area contributed by atoms with Crippen molar-refractivity contribution in [1.29, 1.82) is 0 Å². The lowest BCUT2D eigenvalue weighted by Crippen LogP contribution is -2.22. The van der Waals surface area contributed by atoms with Gasteiger partial charge in [-0.15, -0.1) is 0 Å². The zero-order chi connectivity index (χ0) is 15.3. The fraction of sp³-hybridized carbons (Fsp3) is 0.375. The maximum atomic E-state index is 11.8. The maximum Gasteiger partial charge on any atom is 0.311 e. The Bertz CT molecular complexity index is 524. The second kappa shape index (κ2) is 6.37. The van der Waals surface area contributed by atoms with Crippen molar-refractivity contribution in [3.63, 3.8) is 0 Å². The molecule has 0 bridgehead atoms. The Balaban J connectivity index is 2.89. The number of carbonyl (C=O) groups is 2. The molecule has 4 nitrogen and oxygen atoms in total. The van der Waals surface area contributed by atoms with E-state index >= 15 is 0 Å². The van der Waals surface area contributed by atoms with Crippen molar-refractivity contribution in [3.8, 4) is 5.75 Å². The lowest BCUT2D eigenvalue weighted by molar-refractivity contribution is -0.154. The third-order valence-corrected chi connectivity index (χ3v) is 2.57. The SMILES string of the molecule is C=Cc1ccc(OC(C)=O)cc1COC(=O)C(C)(C)C. The first-order valence-electron chi connectivity index (χ1n) is 6.35. The summed E-state index contributed by atoms with van der Waals surface area (Å²) < 4.78 is 10.3. The molecule has 0 aliphatic heterocycles. The third-order valence-electron chi connectivity index (χ3n) is 2.57. The highest BCUT2D eigenvalue weighted by Crippen LogP contribution is 2.22. The minimum absolute atomic E-state index is 0.118. The molecule has 0 aliphatic rings. The molecule has 0 unspecified atom stereocenters. The first-order chi connectivity index (χ1) is 9.24. The number of rotatable bonds is 4. The molecule has 0 amide bonds. The number of esters is 2. The van der Waals surface area contributed by atoms with Gasteiger partial charge in [0.15, 0.2) is 0 Å². The van der Waals surface area contributed by atoms with E-state index in [-0.39, 0.29) is 12.6 Å². The molecule has 0 radical (unpaired) electrons. The van der Waals surface area contributed by atoms with Crippen LogP contribution >= 0.6 is 0 Å². The largest absolute Gasteiger partial charge is 0.460 e. The Morgan fingerprint density at radius 3 is 2.45 bits per heavy atom. The van der Waals surface area contributed by atoms with Crippen LogP contribution in [0.5, 0.6) is 5.75 Å². The molecule has 0 saturated carbocycles. The lowest BCUT2D eigenvalue weighted by Gasteiger charge is -2.17. The third kappa shape index (κ3) is 4.53. The van der Waals surface area contributed by atoms with Crippen LogP contribution < -0.4 is 4.74 Å². The maximum absolute atomic E-state index is 11.8. The molecular formula is C16H20O4. The quantitative estimate of drug-likeness (QED) is 0.625. The van der Waals surface area contributed by atoms with Gasteiger partial charge in [-0.05, 0) is 38.5 Å². The van der Waals surface area contributed by atoms with Gasteiger partial charge >= 0.3 is 11.9 Å². The summed E-state index contributed by atoms with van der Waals surface area (Å²) in [5.41, 5.74) is 1.03. The van der Waals surface area contributed by atoms with E-state index in [2.05, 4.69) is 6.58 Å². The van der Waals surface area contributed by atoms with Gasteiger partial charge < -0.3 is 9.47 Å². The Morgan fingerprint density at radius 1 is 1.30 bits per heavy atom. The molecule has 0 N–H and O–H groups in total. The van der Waals surface area contributed by atoms with Crippen LogP contribution in [0.4, 0.5) is 0 Å². The van der Waals surface area contributed by atoms with Crippen molar-refractivity contribution in [2.24, 2.45) is 5.41 Å². The number of hydrogen-bond acceptors (Lipinski definition) is 4. The van der Waals surface area contributed by atoms with Gasteiger partial charge in [-0.3, -0.25) is 9.59 Å². The van der Waals surface area contributed by atoms with E-state index in [1.807, 2.05) is 0 Å². The summed E-state index contributed by atoms with van der Waals surface area (Å²) in [5.74, 6) is -0.260. The molecule has 0 fully saturated rings. The van der Waals surface area contributed by atoms with Gasteiger partial charge in [-0.1, -0.05) is 18.7 Å². The Labute approximate surface area is 119 Å². The highest BCUT2D eigenvalue weighted by atomic mass is 16.5. The number of ether oxygens (including phenoxy) is 2. The minimum Gasteiger partial charge on any atom is -0.460 e. The van der Waals surface area contributed by atoms with Crippen LogP contribution in [0, 0.1) is 5.41 Å². The number of carbonyl (C=O) groups excluding carboxylic acids is 2. The predicted molar refractivity (Wildman–Crippen MR) is 77.1 cm³/mol. The predicted octanol–water partition coefficient (Wildman–Crippen LogP) is 3.34. The molecule has 0 spiro atoms. The minimum atomic E-state index is -0.554. The van der Waals surface area contributed by atoms with Crippen LogP contribution in [0.1, 0.15) is 38.8 Å². The molecule has 4 heteroatoms. The second-order valence-corrected chi connectivity index (χ2v) is 5.48. The van der Waals surface area contributed by atoms with Crippen LogP contribution in [0.25, 0.3) is 6.08 Å². The topological polar surface area (TPSA) is 52.6 Å². The summed E-state index contributed by atoms with van der Waals surface area (Å²) in [5, 5.41) is 0. The molecule has 0 aliphatic carbocycles. The smallest absolute Gasteiger partial charge is 0.311 e. The van der Waals surface area contributed by atoms with Crippen LogP contribution in [-0.2, 0) is 20.9 Å². The summed E-state index contributed by atoms with van der Waals surface area (Å²) in [6.07, 6.45) is 1.66. The van der Waals surface area contributed by atoms with Gasteiger partial charge in [0.2, 0.25) is 0 Å². The lowest BCUT2D eigenvalue weighted by atomic mass is 9.97. The normalized spacial score (nSPS) is 10.8. The first kappa shape index (κ1) is 16.0. The van der Waals surface area contributed by atoms with Crippen LogP contribution in [0.2, 0.25) is 0 Å². The van der Waals surface area contributed by atoms with Crippen molar-refractivity contribution in [2.45, 2.75) is 34.3 Å². The molecule has 0 atom stereocenters. The standard InChI is InChI=1S/C16H20O4/c1-6-12-7-8-14(20-11(2)17)9-13(12)10-19-15(18)16(3,4)5/h6-9H,1,10H2,2-5H3. The van der Waals surface area contributed by atoms with Crippen LogP contribution in [0.3, 0.4) is 0 Å². The van der Waals surface area contributed by atoms with Crippen molar-refractivity contribution >= 4 is 18.0 Å². The summed E-state index contributed by atoms with van der Waals surface area (Å²) in [6, 6.07) is 5.12. The van der Waals surface area contributed by atoms with Crippen LogP contribution in [0.15, 0.2) is 24.8 Å². The van der Waals surface area contributed by atoms with Crippen LogP contribution in [-0.4, -0.2) is 11.9 Å². The molecular weight excluding hydrogens is 256 g/mol. The first-order valence-corrected chi connectivity index (χ1v) is 6.35.